The van der Waals surface area contributed by atoms with Crippen LogP contribution in [0.5, 0.6) is 0 Å². The van der Waals surface area contributed by atoms with Gasteiger partial charge in [0.25, 0.3) is 0 Å². The summed E-state index contributed by atoms with van der Waals surface area (Å²) in [6, 6.07) is 31.9. The van der Waals surface area contributed by atoms with E-state index in [-0.39, 0.29) is 0 Å². The van der Waals surface area contributed by atoms with E-state index in [0.29, 0.717) is 0 Å². The summed E-state index contributed by atoms with van der Waals surface area (Å²) < 4.78 is 5.81. The van der Waals surface area contributed by atoms with Crippen LogP contribution in [0.2, 0.25) is 0 Å². The Morgan fingerprint density at radius 1 is 0.545 bits per heavy atom. The number of rotatable bonds is 2. The number of fused-ring (bicyclic) bond motifs is 6. The molecular weight excluding hydrogens is 440 g/mol. The molecule has 0 amide bonds. The topological polar surface area (TPSA) is 46.1 Å². The van der Waals surface area contributed by atoms with E-state index in [1.807, 2.05) is 0 Å². The zero-order chi connectivity index (χ0) is 23.4. The van der Waals surface area contributed by atoms with Gasteiger partial charge in [0.05, 0.1) is 0 Å². The van der Waals surface area contributed by atoms with Gasteiger partial charge in [-0.1, -0.05) is 0 Å². The summed E-state index contributed by atoms with van der Waals surface area (Å²) in [7, 11) is 1.50. The van der Waals surface area contributed by atoms with Gasteiger partial charge in [-0.3, -0.25) is 0 Å². The maximum Gasteiger partial charge on any atom is -0.153 e. The molecule has 0 radical (unpaired) electrons. The second-order valence-corrected chi connectivity index (χ2v) is 11.9. The van der Waals surface area contributed by atoms with Crippen molar-refractivity contribution in [2.24, 2.45) is 0 Å². The molecule has 0 spiro atoms. The van der Waals surface area contributed by atoms with Gasteiger partial charge >= 0.3 is 179 Å². The van der Waals surface area contributed by atoms with Crippen molar-refractivity contribution in [2.45, 2.75) is 19.8 Å². The second-order valence-electron chi connectivity index (χ2n) is 8.03. The Balaban J connectivity index is 0.000000617. The number of benzene rings is 4. The Morgan fingerprint density at radius 3 is 1.36 bits per heavy atom. The minimum atomic E-state index is -1.75. The van der Waals surface area contributed by atoms with Gasteiger partial charge in [-0.05, 0) is 0 Å². The van der Waals surface area contributed by atoms with Crippen molar-refractivity contribution < 1.29 is 27.6 Å². The fraction of sp³-hybridized carbons (Fsp3) is 0.167. The van der Waals surface area contributed by atoms with Gasteiger partial charge in [-0.25, -0.2) is 0 Å². The van der Waals surface area contributed by atoms with Crippen molar-refractivity contribution in [3.05, 3.63) is 107 Å². The fourth-order valence-corrected chi connectivity index (χ4v) is 9.27. The minimum Gasteiger partial charge on any atom is -0.857 e. The summed E-state index contributed by atoms with van der Waals surface area (Å²) in [5.74, 6) is 0. The molecule has 3 heteroatoms. The summed E-state index contributed by atoms with van der Waals surface area (Å²) >= 11 is -1.75. The molecular formula is C30H28O2Ti. The Kier molecular flexibility index (Phi) is 7.52. The standard InChI is InChI=1S/2C13H9.C2H4.2CH3O.Ti/c2*1-3-7-12-10(5-1)9-11-6-2-4-8-13(11)12;3*1-2;/h2*1-5,7-8H,9H2;1H,2H3;2*1H3;/q;;;2*-1;+2. The van der Waals surface area contributed by atoms with Crippen molar-refractivity contribution in [3.8, 4) is 22.3 Å². The summed E-state index contributed by atoms with van der Waals surface area (Å²) in [5, 5.41) is 16.5. The van der Waals surface area contributed by atoms with E-state index in [0.717, 1.165) is 27.1 Å². The molecule has 0 heterocycles. The van der Waals surface area contributed by atoms with Gasteiger partial charge in [-0.15, -0.1) is 0 Å². The molecule has 0 N–H and O–H groups in total. The van der Waals surface area contributed by atoms with Crippen LogP contribution in [0.1, 0.15) is 29.2 Å². The molecule has 6 rings (SSSR count). The molecule has 0 bridgehead atoms. The van der Waals surface area contributed by atoms with E-state index >= 15 is 0 Å². The largest absolute Gasteiger partial charge is 0.857 e. The summed E-state index contributed by atoms with van der Waals surface area (Å²) in [6.07, 6.45) is 2.17. The van der Waals surface area contributed by atoms with E-state index in [4.69, 9.17) is 10.2 Å². The van der Waals surface area contributed by atoms with E-state index in [1.54, 1.807) is 18.9 Å². The quantitative estimate of drug-likeness (QED) is 0.367. The molecule has 0 unspecified atom stereocenters. The van der Waals surface area contributed by atoms with Crippen LogP contribution >= 0.6 is 0 Å². The first-order chi connectivity index (χ1) is 16.3. The van der Waals surface area contributed by atoms with Gasteiger partial charge < -0.3 is 10.2 Å². The molecule has 4 aromatic rings. The maximum atomic E-state index is 8.25. The minimum absolute atomic E-state index is 0.750. The first kappa shape index (κ1) is 23.5. The van der Waals surface area contributed by atoms with Crippen molar-refractivity contribution in [2.75, 3.05) is 14.2 Å². The molecule has 2 nitrogen and oxygen atoms in total. The molecule has 0 fully saturated rings. The molecule has 2 aliphatic rings. The zero-order valence-corrected chi connectivity index (χ0v) is 21.0. The smallest absolute Gasteiger partial charge is 0.153 e. The van der Waals surface area contributed by atoms with Crippen LogP contribution in [0, 0.1) is 0 Å². The first-order valence-electron chi connectivity index (χ1n) is 11.2. The van der Waals surface area contributed by atoms with Crippen molar-refractivity contribution in [1.29, 1.82) is 0 Å². The number of hydrogen-bond donors (Lipinski definition) is 0. The molecule has 0 atom stereocenters. The average Bonchev–Trinajstić information content (AvgIpc) is 3.46. The van der Waals surface area contributed by atoms with Gasteiger partial charge in [0.15, 0.2) is 0 Å². The van der Waals surface area contributed by atoms with Gasteiger partial charge in [0.2, 0.25) is 0 Å². The van der Waals surface area contributed by atoms with Crippen LogP contribution in [-0.4, -0.2) is 18.5 Å². The third-order valence-electron chi connectivity index (χ3n) is 6.57. The Bertz CT molecular complexity index is 1220. The third kappa shape index (κ3) is 4.09. The van der Waals surface area contributed by atoms with Crippen molar-refractivity contribution in [1.82, 2.24) is 0 Å². The van der Waals surface area contributed by atoms with Crippen LogP contribution in [-0.2, 0) is 30.2 Å². The fourth-order valence-electron chi connectivity index (χ4n) is 5.28. The predicted molar refractivity (Wildman–Crippen MR) is 132 cm³/mol. The average molecular weight is 468 g/mol. The predicted octanol–water partition coefficient (Wildman–Crippen LogP) is 3.17. The monoisotopic (exact) mass is 468 g/mol. The SMILES string of the molecule is C[CH]=[Ti+2]([c]1cccc2c1Cc1ccccc1-2)[c]1cccc2c1Cc1ccccc1-2.C[O-].C[O-]. The molecule has 33 heavy (non-hydrogen) atoms. The second kappa shape index (κ2) is 10.5. The Morgan fingerprint density at radius 2 is 0.939 bits per heavy atom. The molecule has 0 saturated carbocycles. The molecule has 0 aromatic heterocycles. The maximum absolute atomic E-state index is 8.25. The summed E-state index contributed by atoms with van der Waals surface area (Å²) in [6.45, 7) is 2.29. The third-order valence-corrected chi connectivity index (χ3v) is 10.7. The van der Waals surface area contributed by atoms with Crippen LogP contribution < -0.4 is 17.9 Å². The molecule has 0 aliphatic heterocycles. The first-order valence-corrected chi connectivity index (χ1v) is 13.7. The van der Waals surface area contributed by atoms with Crippen LogP contribution in [0.3, 0.4) is 0 Å². The van der Waals surface area contributed by atoms with Crippen LogP contribution in [0.4, 0.5) is 0 Å². The van der Waals surface area contributed by atoms with Gasteiger partial charge in [-0.2, -0.15) is 14.2 Å². The normalized spacial score (nSPS) is 11.3. The zero-order valence-electron chi connectivity index (χ0n) is 19.4. The van der Waals surface area contributed by atoms with Gasteiger partial charge in [0.1, 0.15) is 0 Å². The Labute approximate surface area is 202 Å². The van der Waals surface area contributed by atoms with E-state index in [9.17, 15) is 0 Å². The molecule has 4 aromatic carbocycles. The van der Waals surface area contributed by atoms with E-state index in [1.165, 1.54) is 33.4 Å². The molecule has 0 saturated heterocycles. The molecule has 2 aliphatic carbocycles. The molecule has 164 valence electrons. The van der Waals surface area contributed by atoms with Crippen molar-refractivity contribution >= 4 is 12.1 Å². The van der Waals surface area contributed by atoms with Gasteiger partial charge in [0, 0.05) is 0 Å². The van der Waals surface area contributed by atoms with Crippen molar-refractivity contribution in [3.63, 3.8) is 0 Å². The Hall–Kier alpha value is -2.62. The van der Waals surface area contributed by atoms with E-state index in [2.05, 4.69) is 96.2 Å². The summed E-state index contributed by atoms with van der Waals surface area (Å²) in [5.41, 5.74) is 11.9. The van der Waals surface area contributed by atoms with E-state index < -0.39 is 17.4 Å². The number of hydrogen-bond acceptors (Lipinski definition) is 2. The summed E-state index contributed by atoms with van der Waals surface area (Å²) in [4.78, 5) is 0. The van der Waals surface area contributed by atoms with Crippen LogP contribution in [0.25, 0.3) is 22.3 Å². The van der Waals surface area contributed by atoms with Crippen LogP contribution in [0.15, 0.2) is 84.9 Å².